The maximum Gasteiger partial charge on any atom is -0.0297 e. The van der Waals surface area contributed by atoms with E-state index >= 15 is 0 Å². The Bertz CT molecular complexity index is 1380. The lowest BCUT2D eigenvalue weighted by Crippen LogP contribution is -2.38. The van der Waals surface area contributed by atoms with E-state index in [4.69, 9.17) is 0 Å². The van der Waals surface area contributed by atoms with Gasteiger partial charge in [0.2, 0.25) is 0 Å². The number of hydrogen-bond acceptors (Lipinski definition) is 0. The highest BCUT2D eigenvalue weighted by atomic mass is 14.5. The quantitative estimate of drug-likeness (QED) is 0.227. The van der Waals surface area contributed by atoms with Crippen molar-refractivity contribution in [1.82, 2.24) is 0 Å². The lowest BCUT2D eigenvalue weighted by atomic mass is 9.56. The molecule has 8 rings (SSSR count). The van der Waals surface area contributed by atoms with Crippen LogP contribution in [0.1, 0.15) is 341 Å². The molecule has 0 aromatic rings. The Balaban J connectivity index is 0.000000281. The van der Waals surface area contributed by atoms with Crippen LogP contribution in [0.25, 0.3) is 0 Å². The highest BCUT2D eigenvalue weighted by Crippen LogP contribution is 2.57. The number of fused-ring (bicyclic) bond motifs is 2. The van der Waals surface area contributed by atoms with Crippen molar-refractivity contribution in [2.75, 3.05) is 0 Å². The van der Waals surface area contributed by atoms with Gasteiger partial charge in [0.1, 0.15) is 0 Å². The molecule has 0 amide bonds. The monoisotopic (exact) mass is 979 g/mol. The molecule has 6 atom stereocenters. The zero-order chi connectivity index (χ0) is 54.2. The van der Waals surface area contributed by atoms with Crippen LogP contribution in [0.3, 0.4) is 0 Å². The third-order valence-electron chi connectivity index (χ3n) is 22.2. The molecule has 70 heavy (non-hydrogen) atoms. The standard InChI is InChI=1S/C12H24.2C11H22.C9H16.3C9H18/c1-10(2)7-11(3,4)9-12(5,6)8-10;1-9-6-10(2,3)8-11(4,5)7-9;1-9-10(2,3)7-6-8-11(9,4)5;1-7-5-8-3-4-9(7,2)6-8;1-8-4-6-9(2,3)7-5-8;1-8-6-4-5-7-9(8,2)3;1-7-5-4-6-8(2)9(7)3/h7-9H2,1-6H3;2*9H,6-8H2,1-5H3;7-8H,3-6H2,1-2H3;2*8H,4-7H2,1-3H3;7-9H,4-6H2,1-3H3/t;;;7-,8?,9?;;8-;/m...0.1./s1. The summed E-state index contributed by atoms with van der Waals surface area (Å²) in [5.41, 5.74) is 6.02. The molecule has 8 fully saturated rings. The Kier molecular flexibility index (Phi) is 24.5. The average molecular weight is 980 g/mol. The molecule has 0 nitrogen and oxygen atoms in total. The predicted octanol–water partition coefficient (Wildman–Crippen LogP) is 24.3. The zero-order valence-corrected chi connectivity index (χ0v) is 54.2. The fourth-order valence-electron chi connectivity index (χ4n) is 17.9. The van der Waals surface area contributed by atoms with E-state index in [9.17, 15) is 0 Å². The Labute approximate surface area is 446 Å². The van der Waals surface area contributed by atoms with E-state index in [2.05, 4.69) is 187 Å². The lowest BCUT2D eigenvalue weighted by molar-refractivity contribution is 0.0202. The van der Waals surface area contributed by atoms with Crippen LogP contribution >= 0.6 is 0 Å². The Morgan fingerprint density at radius 2 is 0.714 bits per heavy atom. The van der Waals surface area contributed by atoms with Gasteiger partial charge in [-0.1, -0.05) is 245 Å². The molecule has 2 bridgehead atoms. The Hall–Kier alpha value is 0. The van der Waals surface area contributed by atoms with Crippen molar-refractivity contribution in [1.29, 1.82) is 0 Å². The van der Waals surface area contributed by atoms with Gasteiger partial charge in [0.25, 0.3) is 0 Å². The molecule has 0 aliphatic heterocycles. The molecule has 0 heteroatoms. The second kappa shape index (κ2) is 25.9. The van der Waals surface area contributed by atoms with E-state index in [0.29, 0.717) is 48.7 Å². The van der Waals surface area contributed by atoms with Gasteiger partial charge >= 0.3 is 0 Å². The van der Waals surface area contributed by atoms with Gasteiger partial charge in [-0.3, -0.25) is 0 Å². The highest BCUT2D eigenvalue weighted by molar-refractivity contribution is 4.97. The summed E-state index contributed by atoms with van der Waals surface area (Å²) in [6.07, 6.45) is 34.7. The van der Waals surface area contributed by atoms with Crippen molar-refractivity contribution in [2.45, 2.75) is 341 Å². The fourth-order valence-corrected chi connectivity index (χ4v) is 17.9. The van der Waals surface area contributed by atoms with Crippen molar-refractivity contribution >= 4 is 0 Å². The topological polar surface area (TPSA) is 0 Å². The predicted molar refractivity (Wildman–Crippen MR) is 320 cm³/mol. The smallest absolute Gasteiger partial charge is 0.0297 e. The van der Waals surface area contributed by atoms with E-state index in [-0.39, 0.29) is 0 Å². The zero-order valence-electron chi connectivity index (χ0n) is 54.2. The maximum atomic E-state index is 2.48. The van der Waals surface area contributed by atoms with Crippen LogP contribution in [0.15, 0.2) is 0 Å². The first kappa shape index (κ1) is 66.1. The van der Waals surface area contributed by atoms with Crippen molar-refractivity contribution in [3.63, 3.8) is 0 Å². The molecular weight excluding hydrogens is 841 g/mol. The first-order chi connectivity index (χ1) is 31.4. The Morgan fingerprint density at radius 3 is 0.986 bits per heavy atom. The average Bonchev–Trinajstić information content (AvgIpc) is 3.68. The fraction of sp³-hybridized carbons (Fsp3) is 1.00. The summed E-state index contributed by atoms with van der Waals surface area (Å²) in [5.74, 6) is 8.81. The molecule has 4 unspecified atom stereocenters. The molecule has 0 N–H and O–H groups in total. The summed E-state index contributed by atoms with van der Waals surface area (Å²) in [7, 11) is 0. The summed E-state index contributed by atoms with van der Waals surface area (Å²) in [4.78, 5) is 0. The molecule has 8 aliphatic rings. The summed E-state index contributed by atoms with van der Waals surface area (Å²) < 4.78 is 0. The largest absolute Gasteiger partial charge is 0.0625 e. The van der Waals surface area contributed by atoms with E-state index < -0.39 is 0 Å². The SMILES string of the molecule is CC1(C)CC(C)(C)CC(C)(C)C1.CC1C(C)(C)CCCC1(C)C.CC1CC(C)(C)CC(C)(C)C1.CC1CCC(C)(C)CC1.CC1CCCC(C)C1C.C[C@@H]1CCCCC1(C)C.C[C@H]1CC2CCC1(C)C2. The van der Waals surface area contributed by atoms with Gasteiger partial charge < -0.3 is 0 Å². The van der Waals surface area contributed by atoms with Crippen LogP contribution in [0.4, 0.5) is 0 Å². The minimum atomic E-state index is 0.547. The molecular formula is C70H138. The van der Waals surface area contributed by atoms with E-state index in [1.54, 1.807) is 0 Å². The van der Waals surface area contributed by atoms with Crippen molar-refractivity contribution in [3.05, 3.63) is 0 Å². The molecule has 0 heterocycles. The van der Waals surface area contributed by atoms with Gasteiger partial charge in [-0.15, -0.1) is 0 Å². The molecule has 0 spiro atoms. The van der Waals surface area contributed by atoms with Crippen LogP contribution in [0.2, 0.25) is 0 Å². The summed E-state index contributed by atoms with van der Waals surface area (Å²) >= 11 is 0. The van der Waals surface area contributed by atoms with Gasteiger partial charge in [0.05, 0.1) is 0 Å². The normalized spacial score (nSPS) is 36.0. The van der Waals surface area contributed by atoms with Gasteiger partial charge in [-0.25, -0.2) is 0 Å². The van der Waals surface area contributed by atoms with E-state index in [1.165, 1.54) is 154 Å². The van der Waals surface area contributed by atoms with E-state index in [1.807, 2.05) is 0 Å². The maximum absolute atomic E-state index is 2.48. The minimum absolute atomic E-state index is 0.547. The summed E-state index contributed by atoms with van der Waals surface area (Å²) in [6, 6.07) is 0. The van der Waals surface area contributed by atoms with Crippen LogP contribution < -0.4 is 0 Å². The first-order valence-electron chi connectivity index (χ1n) is 31.4. The first-order valence-corrected chi connectivity index (χ1v) is 31.4. The molecule has 0 radical (unpaired) electrons. The third-order valence-corrected chi connectivity index (χ3v) is 22.2. The van der Waals surface area contributed by atoms with E-state index in [0.717, 1.165) is 58.7 Å². The van der Waals surface area contributed by atoms with Crippen LogP contribution in [0, 0.1) is 107 Å². The highest BCUT2D eigenvalue weighted by Gasteiger charge is 2.46. The molecule has 8 saturated carbocycles. The molecule has 0 aromatic heterocycles. The molecule has 0 saturated heterocycles. The second-order valence-corrected chi connectivity index (χ2v) is 35.2. The summed E-state index contributed by atoms with van der Waals surface area (Å²) in [5, 5.41) is 0. The van der Waals surface area contributed by atoms with Crippen LogP contribution in [-0.2, 0) is 0 Å². The van der Waals surface area contributed by atoms with Gasteiger partial charge in [-0.05, 0) is 204 Å². The van der Waals surface area contributed by atoms with Crippen LogP contribution in [-0.4, -0.2) is 0 Å². The van der Waals surface area contributed by atoms with Crippen molar-refractivity contribution in [2.24, 2.45) is 107 Å². The summed E-state index contributed by atoms with van der Waals surface area (Å²) in [6.45, 7) is 65.0. The Morgan fingerprint density at radius 1 is 0.300 bits per heavy atom. The third kappa shape index (κ3) is 23.1. The van der Waals surface area contributed by atoms with Gasteiger partial charge in [-0.2, -0.15) is 0 Å². The van der Waals surface area contributed by atoms with Crippen molar-refractivity contribution < 1.29 is 0 Å². The number of hydrogen-bond donors (Lipinski definition) is 0. The lowest BCUT2D eigenvalue weighted by Gasteiger charge is -2.49. The molecule has 0 aromatic carbocycles. The van der Waals surface area contributed by atoms with Gasteiger partial charge in [0.15, 0.2) is 0 Å². The van der Waals surface area contributed by atoms with Crippen LogP contribution in [0.5, 0.6) is 0 Å². The minimum Gasteiger partial charge on any atom is -0.0625 e. The van der Waals surface area contributed by atoms with Gasteiger partial charge in [0, 0.05) is 0 Å². The molecule has 8 aliphatic carbocycles. The number of rotatable bonds is 0. The van der Waals surface area contributed by atoms with Crippen molar-refractivity contribution in [3.8, 4) is 0 Å². The second-order valence-electron chi connectivity index (χ2n) is 35.2. The molecule has 418 valence electrons.